The van der Waals surface area contributed by atoms with Crippen molar-refractivity contribution in [3.8, 4) is 22.9 Å². The molecular weight excluding hydrogens is 560 g/mol. The summed E-state index contributed by atoms with van der Waals surface area (Å²) in [7, 11) is 0. The number of nitrogens with zero attached hydrogens (tertiary/aromatic N) is 2. The van der Waals surface area contributed by atoms with E-state index in [0.29, 0.717) is 34.0 Å². The van der Waals surface area contributed by atoms with E-state index in [4.69, 9.17) is 19.4 Å². The Balaban J connectivity index is 1.76. The predicted octanol–water partition coefficient (Wildman–Crippen LogP) is 8.11. The van der Waals surface area contributed by atoms with E-state index < -0.39 is 17.4 Å². The normalized spacial score (nSPS) is 12.8. The summed E-state index contributed by atoms with van der Waals surface area (Å²) in [6.07, 6.45) is 3.48. The van der Waals surface area contributed by atoms with Gasteiger partial charge in [0.1, 0.15) is 11.5 Å². The standard InChI is InChI=1S/C39H28N2O4/c1-23(2)37(42)44-31-19-17-25-11-5-7-13-27(25)33(31)39(29-15-9-21-40-35(29)36-30(39)16-10-22-41-36)34-28-14-8-6-12-26(28)18-20-32(34)45-38(43)24(3)4/h5-22H,1,3H2,2,4H3. The van der Waals surface area contributed by atoms with Crippen LogP contribution in [0.15, 0.2) is 134 Å². The van der Waals surface area contributed by atoms with Crippen LogP contribution < -0.4 is 9.47 Å². The van der Waals surface area contributed by atoms with Gasteiger partial charge < -0.3 is 9.47 Å². The largest absolute Gasteiger partial charge is 0.423 e. The maximum Gasteiger partial charge on any atom is 0.338 e. The molecule has 0 spiro atoms. The van der Waals surface area contributed by atoms with Crippen LogP contribution in [0.2, 0.25) is 0 Å². The van der Waals surface area contributed by atoms with Crippen molar-refractivity contribution in [2.24, 2.45) is 0 Å². The summed E-state index contributed by atoms with van der Waals surface area (Å²) in [5.41, 5.74) is 3.70. The van der Waals surface area contributed by atoms with Gasteiger partial charge in [-0.3, -0.25) is 9.97 Å². The quantitative estimate of drug-likeness (QED) is 0.111. The fraction of sp³-hybridized carbons (Fsp3) is 0.0769. The first-order chi connectivity index (χ1) is 21.8. The molecule has 0 fully saturated rings. The van der Waals surface area contributed by atoms with E-state index >= 15 is 0 Å². The molecule has 2 heterocycles. The van der Waals surface area contributed by atoms with Gasteiger partial charge in [0.15, 0.2) is 0 Å². The molecule has 0 saturated carbocycles. The molecule has 0 atom stereocenters. The van der Waals surface area contributed by atoms with Gasteiger partial charge in [0.2, 0.25) is 0 Å². The van der Waals surface area contributed by atoms with Gasteiger partial charge in [-0.15, -0.1) is 0 Å². The number of rotatable bonds is 6. The fourth-order valence-electron chi connectivity index (χ4n) is 6.42. The van der Waals surface area contributed by atoms with Crippen molar-refractivity contribution in [1.29, 1.82) is 0 Å². The van der Waals surface area contributed by atoms with Crippen LogP contribution in [0.5, 0.6) is 11.5 Å². The summed E-state index contributed by atoms with van der Waals surface area (Å²) in [6.45, 7) is 10.9. The molecule has 0 N–H and O–H groups in total. The lowest BCUT2D eigenvalue weighted by atomic mass is 9.65. The highest BCUT2D eigenvalue weighted by molar-refractivity contribution is 6.01. The fourth-order valence-corrected chi connectivity index (χ4v) is 6.42. The average Bonchev–Trinajstić information content (AvgIpc) is 3.35. The van der Waals surface area contributed by atoms with E-state index in [1.54, 1.807) is 26.2 Å². The third-order valence-corrected chi connectivity index (χ3v) is 8.28. The Bertz CT molecular complexity index is 2070. The highest BCUT2D eigenvalue weighted by Crippen LogP contribution is 2.61. The van der Waals surface area contributed by atoms with Crippen LogP contribution >= 0.6 is 0 Å². The van der Waals surface area contributed by atoms with Gasteiger partial charge in [-0.1, -0.05) is 86.0 Å². The third-order valence-electron chi connectivity index (χ3n) is 8.28. The van der Waals surface area contributed by atoms with Crippen molar-refractivity contribution in [2.45, 2.75) is 19.3 Å². The van der Waals surface area contributed by atoms with Gasteiger partial charge in [-0.05, 0) is 70.8 Å². The maximum absolute atomic E-state index is 13.2. The number of pyridine rings is 2. The SMILES string of the molecule is C=C(C)C(=O)Oc1ccc2ccccc2c1C1(c2c(OC(=O)C(=C)C)ccc3ccccc23)c2cccnc2-c2ncccc21. The zero-order valence-electron chi connectivity index (χ0n) is 24.8. The molecule has 1 aliphatic rings. The first-order valence-electron chi connectivity index (χ1n) is 14.5. The highest BCUT2D eigenvalue weighted by Gasteiger charge is 2.52. The molecule has 0 unspecified atom stereocenters. The second-order valence-electron chi connectivity index (χ2n) is 11.2. The van der Waals surface area contributed by atoms with Crippen LogP contribution in [0, 0.1) is 0 Å². The summed E-state index contributed by atoms with van der Waals surface area (Å²) in [5, 5.41) is 3.57. The molecule has 1 aliphatic carbocycles. The van der Waals surface area contributed by atoms with Gasteiger partial charge in [-0.25, -0.2) is 9.59 Å². The molecule has 0 amide bonds. The Morgan fingerprint density at radius 3 is 1.42 bits per heavy atom. The lowest BCUT2D eigenvalue weighted by molar-refractivity contribution is -0.130. The molecule has 0 saturated heterocycles. The second kappa shape index (κ2) is 10.7. The monoisotopic (exact) mass is 588 g/mol. The predicted molar refractivity (Wildman–Crippen MR) is 175 cm³/mol. The van der Waals surface area contributed by atoms with Gasteiger partial charge in [-0.2, -0.15) is 0 Å². The van der Waals surface area contributed by atoms with E-state index in [-0.39, 0.29) is 11.1 Å². The molecule has 4 aromatic carbocycles. The van der Waals surface area contributed by atoms with Crippen molar-refractivity contribution in [3.63, 3.8) is 0 Å². The van der Waals surface area contributed by atoms with Crippen molar-refractivity contribution in [3.05, 3.63) is 156 Å². The lowest BCUT2D eigenvalue weighted by Gasteiger charge is -2.37. The van der Waals surface area contributed by atoms with Gasteiger partial charge in [0, 0.05) is 34.7 Å². The number of aromatic nitrogens is 2. The molecular formula is C39H28N2O4. The topological polar surface area (TPSA) is 78.4 Å². The molecule has 6 nitrogen and oxygen atoms in total. The number of hydrogen-bond donors (Lipinski definition) is 0. The van der Waals surface area contributed by atoms with Crippen molar-refractivity contribution in [2.75, 3.05) is 0 Å². The minimum atomic E-state index is -1.20. The van der Waals surface area contributed by atoms with Crippen molar-refractivity contribution >= 4 is 33.5 Å². The summed E-state index contributed by atoms with van der Waals surface area (Å²) in [4.78, 5) is 36.1. The van der Waals surface area contributed by atoms with Gasteiger partial charge >= 0.3 is 11.9 Å². The van der Waals surface area contributed by atoms with E-state index in [2.05, 4.69) is 13.2 Å². The van der Waals surface area contributed by atoms with Crippen LogP contribution in [-0.4, -0.2) is 21.9 Å². The molecule has 2 aromatic heterocycles. The van der Waals surface area contributed by atoms with E-state index in [9.17, 15) is 9.59 Å². The molecule has 0 aliphatic heterocycles. The Kier molecular flexibility index (Phi) is 6.63. The molecule has 6 aromatic rings. The summed E-state index contributed by atoms with van der Waals surface area (Å²) in [6, 6.07) is 31.2. The Morgan fingerprint density at radius 1 is 0.578 bits per heavy atom. The number of esters is 2. The zero-order chi connectivity index (χ0) is 31.3. The second-order valence-corrected chi connectivity index (χ2v) is 11.2. The Morgan fingerprint density at radius 2 is 1.00 bits per heavy atom. The number of benzene rings is 4. The summed E-state index contributed by atoms with van der Waals surface area (Å²) < 4.78 is 12.3. The lowest BCUT2D eigenvalue weighted by Crippen LogP contribution is -2.32. The molecule has 218 valence electrons. The smallest absolute Gasteiger partial charge is 0.338 e. The molecule has 45 heavy (non-hydrogen) atoms. The first kappa shape index (κ1) is 27.9. The number of ether oxygens (including phenoxy) is 2. The molecule has 7 rings (SSSR count). The Hall–Kier alpha value is -5.88. The number of hydrogen-bond acceptors (Lipinski definition) is 6. The van der Waals surface area contributed by atoms with Crippen LogP contribution in [0.25, 0.3) is 32.9 Å². The molecule has 6 heteroatoms. The van der Waals surface area contributed by atoms with Crippen LogP contribution in [0.3, 0.4) is 0 Å². The van der Waals surface area contributed by atoms with Crippen LogP contribution in [0.1, 0.15) is 36.1 Å². The van der Waals surface area contributed by atoms with E-state index in [0.717, 1.165) is 32.7 Å². The minimum Gasteiger partial charge on any atom is -0.423 e. The summed E-state index contributed by atoms with van der Waals surface area (Å²) >= 11 is 0. The van der Waals surface area contributed by atoms with Crippen molar-refractivity contribution in [1.82, 2.24) is 9.97 Å². The molecule has 0 bridgehead atoms. The van der Waals surface area contributed by atoms with Crippen molar-refractivity contribution < 1.29 is 19.1 Å². The Labute approximate surface area is 260 Å². The minimum absolute atomic E-state index is 0.264. The maximum atomic E-state index is 13.2. The van der Waals surface area contributed by atoms with Crippen LogP contribution in [0.4, 0.5) is 0 Å². The van der Waals surface area contributed by atoms with Gasteiger partial charge in [0.05, 0.1) is 16.8 Å². The summed E-state index contributed by atoms with van der Waals surface area (Å²) in [5.74, 6) is -0.412. The van der Waals surface area contributed by atoms with E-state index in [1.165, 1.54) is 0 Å². The zero-order valence-corrected chi connectivity index (χ0v) is 24.8. The van der Waals surface area contributed by atoms with Crippen LogP contribution in [-0.2, 0) is 15.0 Å². The first-order valence-corrected chi connectivity index (χ1v) is 14.5. The highest BCUT2D eigenvalue weighted by atomic mass is 16.5. The molecule has 0 radical (unpaired) electrons. The number of carbonyl (C=O) groups excluding carboxylic acids is 2. The van der Waals surface area contributed by atoms with Gasteiger partial charge in [0.25, 0.3) is 0 Å². The average molecular weight is 589 g/mol. The number of carbonyl (C=O) groups is 2. The number of fused-ring (bicyclic) bond motifs is 5. The van der Waals surface area contributed by atoms with E-state index in [1.807, 2.05) is 97.1 Å². The third kappa shape index (κ3) is 4.25.